The standard InChI is InChI=1S/C26H34N4O3/c1-4-30(5-2)11-9-18-14-27-15-22-23(25(18)32)16(3)21(28-22)13-19-24-17(10-12-31)7-6-8-20(24)29-26(19)33/h6-8,13,18,27-28,31H,4-5,9-12,14-15H2,1-3H3,(H,29,33)/b19-13-. The highest BCUT2D eigenvalue weighted by Gasteiger charge is 2.31. The van der Waals surface area contributed by atoms with Crippen LogP contribution in [0.2, 0.25) is 0 Å². The van der Waals surface area contributed by atoms with Crippen LogP contribution in [0.3, 0.4) is 0 Å². The summed E-state index contributed by atoms with van der Waals surface area (Å²) in [7, 11) is 0. The van der Waals surface area contributed by atoms with Gasteiger partial charge in [-0.2, -0.15) is 0 Å². The Labute approximate surface area is 195 Å². The second-order valence-electron chi connectivity index (χ2n) is 8.85. The third-order valence-corrected chi connectivity index (χ3v) is 6.95. The number of nitrogens with one attached hydrogen (secondary N) is 3. The zero-order valence-electron chi connectivity index (χ0n) is 19.8. The van der Waals surface area contributed by atoms with Gasteiger partial charge in [-0.1, -0.05) is 26.0 Å². The molecule has 1 unspecified atom stereocenters. The summed E-state index contributed by atoms with van der Waals surface area (Å²) in [5, 5.41) is 15.8. The van der Waals surface area contributed by atoms with E-state index in [-0.39, 0.29) is 24.2 Å². The highest BCUT2D eigenvalue weighted by Crippen LogP contribution is 2.37. The zero-order chi connectivity index (χ0) is 23.5. The topological polar surface area (TPSA) is 97.5 Å². The molecule has 176 valence electrons. The molecule has 4 rings (SSSR count). The number of carbonyl (C=O) groups is 2. The lowest BCUT2D eigenvalue weighted by Gasteiger charge is -2.21. The largest absolute Gasteiger partial charge is 0.396 e. The van der Waals surface area contributed by atoms with E-state index < -0.39 is 0 Å². The van der Waals surface area contributed by atoms with Gasteiger partial charge < -0.3 is 25.6 Å². The number of ketones is 1. The van der Waals surface area contributed by atoms with Crippen molar-refractivity contribution < 1.29 is 14.7 Å². The number of anilines is 1. The van der Waals surface area contributed by atoms with Gasteiger partial charge in [0.25, 0.3) is 5.91 Å². The normalized spacial score (nSPS) is 19.1. The molecule has 33 heavy (non-hydrogen) atoms. The van der Waals surface area contributed by atoms with Gasteiger partial charge in [0.15, 0.2) is 5.78 Å². The van der Waals surface area contributed by atoms with Gasteiger partial charge in [0.2, 0.25) is 0 Å². The van der Waals surface area contributed by atoms with Gasteiger partial charge in [-0.25, -0.2) is 0 Å². The second-order valence-corrected chi connectivity index (χ2v) is 8.85. The molecule has 2 aromatic rings. The summed E-state index contributed by atoms with van der Waals surface area (Å²) in [5.41, 5.74) is 6.41. The number of nitrogens with zero attached hydrogens (tertiary/aromatic N) is 1. The Balaban J connectivity index is 1.67. The molecule has 0 bridgehead atoms. The Morgan fingerprint density at radius 2 is 1.97 bits per heavy atom. The van der Waals surface area contributed by atoms with E-state index >= 15 is 0 Å². The summed E-state index contributed by atoms with van der Waals surface area (Å²) < 4.78 is 0. The molecule has 2 aliphatic heterocycles. The van der Waals surface area contributed by atoms with Gasteiger partial charge in [-0.05, 0) is 62.7 Å². The van der Waals surface area contributed by atoms with E-state index in [1.54, 1.807) is 0 Å². The molecular formula is C26H34N4O3. The number of aliphatic hydroxyl groups is 1. The lowest BCUT2D eigenvalue weighted by atomic mass is 9.92. The average Bonchev–Trinajstić information content (AvgIpc) is 3.23. The number of carbonyl (C=O) groups excluding carboxylic acids is 2. The molecule has 1 atom stereocenters. The first-order chi connectivity index (χ1) is 16.0. The molecule has 7 heteroatoms. The van der Waals surface area contributed by atoms with Crippen LogP contribution >= 0.6 is 0 Å². The zero-order valence-corrected chi connectivity index (χ0v) is 19.8. The molecule has 7 nitrogen and oxygen atoms in total. The van der Waals surface area contributed by atoms with Crippen LogP contribution in [0.25, 0.3) is 11.6 Å². The van der Waals surface area contributed by atoms with Gasteiger partial charge in [-0.15, -0.1) is 0 Å². The monoisotopic (exact) mass is 450 g/mol. The predicted octanol–water partition coefficient (Wildman–Crippen LogP) is 2.98. The van der Waals surface area contributed by atoms with Crippen LogP contribution in [0.5, 0.6) is 0 Å². The maximum Gasteiger partial charge on any atom is 0.256 e. The first kappa shape index (κ1) is 23.4. The fraction of sp³-hybridized carbons (Fsp3) is 0.462. The summed E-state index contributed by atoms with van der Waals surface area (Å²) in [5.74, 6) is -0.0487. The Morgan fingerprint density at radius 1 is 1.18 bits per heavy atom. The molecule has 0 spiro atoms. The molecule has 1 aromatic carbocycles. The minimum absolute atomic E-state index is 0.0167. The van der Waals surface area contributed by atoms with Gasteiger partial charge in [0.05, 0.1) is 5.57 Å². The van der Waals surface area contributed by atoms with Gasteiger partial charge in [0, 0.05) is 53.8 Å². The van der Waals surface area contributed by atoms with Crippen molar-refractivity contribution in [3.8, 4) is 0 Å². The van der Waals surface area contributed by atoms with Crippen molar-refractivity contribution in [2.75, 3.05) is 38.1 Å². The van der Waals surface area contributed by atoms with Crippen LogP contribution in [0.15, 0.2) is 18.2 Å². The number of Topliss-reactive ketones (excluding diaryl/α,β-unsaturated/α-hetero) is 1. The molecule has 0 saturated heterocycles. The van der Waals surface area contributed by atoms with Crippen LogP contribution < -0.4 is 10.6 Å². The summed E-state index contributed by atoms with van der Waals surface area (Å²) in [6.07, 6.45) is 3.16. The van der Waals surface area contributed by atoms with Crippen molar-refractivity contribution in [3.05, 3.63) is 51.8 Å². The minimum Gasteiger partial charge on any atom is -0.396 e. The van der Waals surface area contributed by atoms with E-state index in [0.29, 0.717) is 25.1 Å². The number of H-pyrrole nitrogens is 1. The van der Waals surface area contributed by atoms with Crippen LogP contribution in [0, 0.1) is 12.8 Å². The van der Waals surface area contributed by atoms with Crippen LogP contribution in [0.1, 0.15) is 58.7 Å². The number of aromatic nitrogens is 1. The lowest BCUT2D eigenvalue weighted by molar-refractivity contribution is -0.110. The molecule has 1 aromatic heterocycles. The molecule has 0 saturated carbocycles. The lowest BCUT2D eigenvalue weighted by Crippen LogP contribution is -2.31. The van der Waals surface area contributed by atoms with Crippen molar-refractivity contribution in [3.63, 3.8) is 0 Å². The van der Waals surface area contributed by atoms with E-state index in [2.05, 4.69) is 34.4 Å². The van der Waals surface area contributed by atoms with E-state index in [1.807, 2.05) is 31.2 Å². The number of aliphatic hydroxyl groups excluding tert-OH is 1. The number of rotatable bonds is 8. The Morgan fingerprint density at radius 3 is 2.70 bits per heavy atom. The number of fused-ring (bicyclic) bond motifs is 2. The van der Waals surface area contributed by atoms with Crippen LogP contribution in [0.4, 0.5) is 5.69 Å². The third-order valence-electron chi connectivity index (χ3n) is 6.95. The number of aromatic amines is 1. The van der Waals surface area contributed by atoms with E-state index in [1.165, 1.54) is 0 Å². The molecule has 2 aliphatic rings. The molecule has 0 aliphatic carbocycles. The number of hydrogen-bond acceptors (Lipinski definition) is 5. The smallest absolute Gasteiger partial charge is 0.256 e. The Kier molecular flexibility index (Phi) is 7.12. The fourth-order valence-corrected chi connectivity index (χ4v) is 5.01. The van der Waals surface area contributed by atoms with Gasteiger partial charge in [0.1, 0.15) is 0 Å². The average molecular weight is 451 g/mol. The predicted molar refractivity (Wildman–Crippen MR) is 131 cm³/mol. The summed E-state index contributed by atoms with van der Waals surface area (Å²) in [4.78, 5) is 32.0. The van der Waals surface area contributed by atoms with Crippen LogP contribution in [-0.2, 0) is 17.8 Å². The summed E-state index contributed by atoms with van der Waals surface area (Å²) in [6.45, 7) is 10.4. The number of benzene rings is 1. The molecule has 0 radical (unpaired) electrons. The van der Waals surface area contributed by atoms with E-state index in [0.717, 1.165) is 65.4 Å². The second kappa shape index (κ2) is 10.0. The molecular weight excluding hydrogens is 416 g/mol. The van der Waals surface area contributed by atoms with Crippen molar-refractivity contribution in [2.45, 2.75) is 40.2 Å². The summed E-state index contributed by atoms with van der Waals surface area (Å²) >= 11 is 0. The van der Waals surface area contributed by atoms with E-state index in [4.69, 9.17) is 0 Å². The van der Waals surface area contributed by atoms with Crippen molar-refractivity contribution in [2.24, 2.45) is 5.92 Å². The SMILES string of the molecule is CCN(CC)CCC1CNCc2[nH]c(/C=C3\C(=O)Nc4cccc(CCO)c43)c(C)c2C1=O. The Bertz CT molecular complexity index is 1080. The van der Waals surface area contributed by atoms with Gasteiger partial charge in [-0.3, -0.25) is 9.59 Å². The third kappa shape index (κ3) is 4.53. The maximum absolute atomic E-state index is 13.5. The van der Waals surface area contributed by atoms with E-state index in [9.17, 15) is 14.7 Å². The van der Waals surface area contributed by atoms with Crippen molar-refractivity contribution >= 4 is 29.0 Å². The highest BCUT2D eigenvalue weighted by molar-refractivity contribution is 6.35. The molecule has 3 heterocycles. The van der Waals surface area contributed by atoms with Crippen LogP contribution in [-0.4, -0.2) is 59.5 Å². The number of hydrogen-bond donors (Lipinski definition) is 4. The molecule has 1 amide bonds. The quantitative estimate of drug-likeness (QED) is 0.464. The Hall–Kier alpha value is -2.74. The minimum atomic E-state index is -0.166. The molecule has 4 N–H and O–H groups in total. The van der Waals surface area contributed by atoms with Crippen molar-refractivity contribution in [1.82, 2.24) is 15.2 Å². The molecule has 0 fully saturated rings. The highest BCUT2D eigenvalue weighted by atomic mass is 16.3. The van der Waals surface area contributed by atoms with Crippen molar-refractivity contribution in [1.29, 1.82) is 0 Å². The fourth-order valence-electron chi connectivity index (χ4n) is 5.01. The van der Waals surface area contributed by atoms with Gasteiger partial charge >= 0.3 is 0 Å². The maximum atomic E-state index is 13.5. The first-order valence-corrected chi connectivity index (χ1v) is 11.9. The first-order valence-electron chi connectivity index (χ1n) is 11.9. The summed E-state index contributed by atoms with van der Waals surface area (Å²) in [6, 6.07) is 5.70. The number of amides is 1.